The van der Waals surface area contributed by atoms with Crippen molar-refractivity contribution in [2.24, 2.45) is 22.7 Å². The van der Waals surface area contributed by atoms with E-state index in [1.807, 2.05) is 6.07 Å². The van der Waals surface area contributed by atoms with Gasteiger partial charge in [-0.3, -0.25) is 9.80 Å². The summed E-state index contributed by atoms with van der Waals surface area (Å²) in [5.74, 6) is 9.30. The SMILES string of the molecule is N/N=C(/c1cc(-c2cccc(NC(=O)C3CC3)c2)cnc1N)N(N)c1cccc(F)c1F. The van der Waals surface area contributed by atoms with Crippen LogP contribution in [0.5, 0.6) is 0 Å². The monoisotopic (exact) mass is 437 g/mol. The molecule has 0 radical (unpaired) electrons. The Labute approximate surface area is 182 Å². The summed E-state index contributed by atoms with van der Waals surface area (Å²) >= 11 is 0. The summed E-state index contributed by atoms with van der Waals surface area (Å²) in [5.41, 5.74) is 7.98. The number of halogens is 2. The van der Waals surface area contributed by atoms with E-state index >= 15 is 0 Å². The van der Waals surface area contributed by atoms with Gasteiger partial charge in [-0.25, -0.2) is 19.6 Å². The van der Waals surface area contributed by atoms with Crippen LogP contribution in [0.3, 0.4) is 0 Å². The number of hydrogen-bond acceptors (Lipinski definition) is 6. The van der Waals surface area contributed by atoms with E-state index < -0.39 is 11.6 Å². The van der Waals surface area contributed by atoms with Crippen molar-refractivity contribution in [2.75, 3.05) is 16.1 Å². The number of anilines is 3. The first-order valence-corrected chi connectivity index (χ1v) is 9.83. The van der Waals surface area contributed by atoms with E-state index in [2.05, 4.69) is 15.4 Å². The van der Waals surface area contributed by atoms with Gasteiger partial charge in [-0.05, 0) is 48.7 Å². The quantitative estimate of drug-likeness (QED) is 0.210. The van der Waals surface area contributed by atoms with Gasteiger partial charge in [0.25, 0.3) is 0 Å². The van der Waals surface area contributed by atoms with Crippen molar-refractivity contribution < 1.29 is 13.6 Å². The second kappa shape index (κ2) is 8.60. The number of nitrogens with one attached hydrogen (secondary N) is 1. The van der Waals surface area contributed by atoms with Gasteiger partial charge in [0, 0.05) is 23.4 Å². The summed E-state index contributed by atoms with van der Waals surface area (Å²) in [7, 11) is 0. The van der Waals surface area contributed by atoms with Gasteiger partial charge >= 0.3 is 0 Å². The molecule has 0 atom stereocenters. The smallest absolute Gasteiger partial charge is 0.227 e. The van der Waals surface area contributed by atoms with Gasteiger partial charge in [0.2, 0.25) is 5.91 Å². The Morgan fingerprint density at radius 3 is 2.59 bits per heavy atom. The van der Waals surface area contributed by atoms with Gasteiger partial charge in [-0.1, -0.05) is 18.2 Å². The molecular weight excluding hydrogens is 416 g/mol. The molecule has 10 heteroatoms. The number of aromatic nitrogens is 1. The van der Waals surface area contributed by atoms with Crippen molar-refractivity contribution in [1.82, 2.24) is 4.98 Å². The van der Waals surface area contributed by atoms with Crippen molar-refractivity contribution in [3.8, 4) is 11.1 Å². The number of nitrogens with zero attached hydrogens (tertiary/aromatic N) is 3. The van der Waals surface area contributed by atoms with E-state index in [-0.39, 0.29) is 34.7 Å². The fourth-order valence-electron chi connectivity index (χ4n) is 3.23. The Hall–Kier alpha value is -4.05. The Kier molecular flexibility index (Phi) is 5.69. The van der Waals surface area contributed by atoms with Crippen molar-refractivity contribution in [1.29, 1.82) is 0 Å². The van der Waals surface area contributed by atoms with Gasteiger partial charge < -0.3 is 16.9 Å². The van der Waals surface area contributed by atoms with Crippen LogP contribution in [0, 0.1) is 17.6 Å². The zero-order valence-corrected chi connectivity index (χ0v) is 16.9. The Morgan fingerprint density at radius 2 is 1.88 bits per heavy atom. The summed E-state index contributed by atoms with van der Waals surface area (Å²) in [6.45, 7) is 0. The molecule has 1 aliphatic rings. The number of hydrazine groups is 1. The number of rotatable bonds is 5. The number of amides is 1. The normalized spacial score (nSPS) is 13.7. The van der Waals surface area contributed by atoms with E-state index in [1.54, 1.807) is 30.5 Å². The molecule has 0 bridgehead atoms. The standard InChI is InChI=1S/C22H21F2N7O/c23-17-5-2-6-18(19(17)24)31(27)21(30-26)16-10-14(11-28-20(16)25)13-3-1-4-15(9-13)29-22(32)12-7-8-12/h1-6,9-12H,7-8,26-27H2,(H2,25,28)(H,29,32)/b30-21-. The topological polar surface area (TPSA) is 136 Å². The Bertz CT molecular complexity index is 1210. The molecule has 32 heavy (non-hydrogen) atoms. The average Bonchev–Trinajstić information content (AvgIpc) is 3.63. The van der Waals surface area contributed by atoms with Gasteiger partial charge in [0.1, 0.15) is 5.82 Å². The molecule has 7 N–H and O–H groups in total. The number of nitrogens with two attached hydrogens (primary N) is 3. The molecule has 1 amide bonds. The molecule has 0 unspecified atom stereocenters. The molecule has 1 saturated carbocycles. The van der Waals surface area contributed by atoms with Crippen LogP contribution in [0.25, 0.3) is 11.1 Å². The van der Waals surface area contributed by atoms with Gasteiger partial charge in [-0.2, -0.15) is 5.10 Å². The summed E-state index contributed by atoms with van der Waals surface area (Å²) in [4.78, 5) is 16.2. The molecular formula is C22H21F2N7O. The second-order valence-electron chi connectivity index (χ2n) is 7.40. The number of carbonyl (C=O) groups is 1. The van der Waals surface area contributed by atoms with Gasteiger partial charge in [0.05, 0.1) is 11.3 Å². The minimum absolute atomic E-state index is 0.00767. The maximum atomic E-state index is 14.2. The summed E-state index contributed by atoms with van der Waals surface area (Å²) < 4.78 is 27.9. The maximum Gasteiger partial charge on any atom is 0.227 e. The summed E-state index contributed by atoms with van der Waals surface area (Å²) in [6, 6.07) is 12.4. The Balaban J connectivity index is 1.68. The van der Waals surface area contributed by atoms with E-state index in [4.69, 9.17) is 17.4 Å². The maximum absolute atomic E-state index is 14.2. The molecule has 3 aromatic rings. The third-order valence-corrected chi connectivity index (χ3v) is 5.11. The first-order valence-electron chi connectivity index (χ1n) is 9.83. The predicted molar refractivity (Wildman–Crippen MR) is 119 cm³/mol. The number of amidine groups is 1. The number of benzene rings is 2. The van der Waals surface area contributed by atoms with Crippen molar-refractivity contribution in [3.63, 3.8) is 0 Å². The fourth-order valence-corrected chi connectivity index (χ4v) is 3.23. The van der Waals surface area contributed by atoms with Crippen LogP contribution in [-0.4, -0.2) is 16.7 Å². The van der Waals surface area contributed by atoms with Crippen molar-refractivity contribution in [2.45, 2.75) is 12.8 Å². The largest absolute Gasteiger partial charge is 0.383 e. The van der Waals surface area contributed by atoms with E-state index in [0.29, 0.717) is 11.3 Å². The lowest BCUT2D eigenvalue weighted by atomic mass is 10.0. The number of hydrazone groups is 1. The number of hydrogen-bond donors (Lipinski definition) is 4. The number of carbonyl (C=O) groups excluding carboxylic acids is 1. The number of pyridine rings is 1. The zero-order valence-electron chi connectivity index (χ0n) is 16.9. The molecule has 0 spiro atoms. The highest BCUT2D eigenvalue weighted by Gasteiger charge is 2.29. The third-order valence-electron chi connectivity index (χ3n) is 5.11. The van der Waals surface area contributed by atoms with Crippen LogP contribution in [0.1, 0.15) is 18.4 Å². The zero-order chi connectivity index (χ0) is 22.8. The predicted octanol–water partition coefficient (Wildman–Crippen LogP) is 2.96. The minimum Gasteiger partial charge on any atom is -0.383 e. The molecule has 1 fully saturated rings. The van der Waals surface area contributed by atoms with Crippen molar-refractivity contribution in [3.05, 3.63) is 71.9 Å². The Morgan fingerprint density at radius 1 is 1.12 bits per heavy atom. The van der Waals surface area contributed by atoms with Crippen LogP contribution < -0.4 is 27.7 Å². The first kappa shape index (κ1) is 21.2. The first-order chi connectivity index (χ1) is 15.4. The average molecular weight is 437 g/mol. The van der Waals surface area contributed by atoms with Crippen LogP contribution in [-0.2, 0) is 4.79 Å². The van der Waals surface area contributed by atoms with Crippen LogP contribution in [0.2, 0.25) is 0 Å². The summed E-state index contributed by atoms with van der Waals surface area (Å²) in [6.07, 6.45) is 3.34. The van der Waals surface area contributed by atoms with Crippen molar-refractivity contribution >= 4 is 28.9 Å². The number of nitrogen functional groups attached to an aromatic ring is 1. The molecule has 2 aromatic carbocycles. The fraction of sp³-hybridized carbons (Fsp3) is 0.136. The molecule has 1 heterocycles. The highest BCUT2D eigenvalue weighted by atomic mass is 19.2. The van der Waals surface area contributed by atoms with Crippen LogP contribution in [0.4, 0.5) is 26.0 Å². The molecule has 0 aliphatic heterocycles. The minimum atomic E-state index is -1.15. The molecule has 1 aromatic heterocycles. The lowest BCUT2D eigenvalue weighted by molar-refractivity contribution is -0.117. The molecule has 4 rings (SSSR count). The molecule has 164 valence electrons. The molecule has 0 saturated heterocycles. The molecule has 8 nitrogen and oxygen atoms in total. The van der Waals surface area contributed by atoms with Gasteiger partial charge in [0.15, 0.2) is 17.5 Å². The van der Waals surface area contributed by atoms with Crippen LogP contribution in [0.15, 0.2) is 59.8 Å². The van der Waals surface area contributed by atoms with E-state index in [0.717, 1.165) is 29.5 Å². The van der Waals surface area contributed by atoms with Crippen LogP contribution >= 0.6 is 0 Å². The summed E-state index contributed by atoms with van der Waals surface area (Å²) in [5, 5.41) is 7.34. The van der Waals surface area contributed by atoms with Gasteiger partial charge in [-0.15, -0.1) is 0 Å². The lowest BCUT2D eigenvalue weighted by Crippen LogP contribution is -2.40. The highest BCUT2D eigenvalue weighted by molar-refractivity contribution is 6.12. The molecule has 1 aliphatic carbocycles. The third kappa shape index (κ3) is 4.21. The van der Waals surface area contributed by atoms with E-state index in [9.17, 15) is 13.6 Å². The highest BCUT2D eigenvalue weighted by Crippen LogP contribution is 2.31. The second-order valence-corrected chi connectivity index (χ2v) is 7.40. The van der Waals surface area contributed by atoms with E-state index in [1.165, 1.54) is 12.1 Å². The lowest BCUT2D eigenvalue weighted by Gasteiger charge is -2.22.